The van der Waals surface area contributed by atoms with E-state index in [1.54, 1.807) is 24.3 Å². The highest BCUT2D eigenvalue weighted by atomic mass is 16.6. The summed E-state index contributed by atoms with van der Waals surface area (Å²) in [7, 11) is 0. The normalized spacial score (nSPS) is 11.6. The van der Waals surface area contributed by atoms with E-state index in [0.29, 0.717) is 0 Å². The number of amides is 1. The van der Waals surface area contributed by atoms with E-state index in [2.05, 4.69) is 0 Å². The van der Waals surface area contributed by atoms with E-state index in [1.165, 1.54) is 0 Å². The highest BCUT2D eigenvalue weighted by molar-refractivity contribution is 5.79. The van der Waals surface area contributed by atoms with Crippen molar-refractivity contribution < 1.29 is 24.5 Å². The summed E-state index contributed by atoms with van der Waals surface area (Å²) < 4.78 is 4.79. The lowest BCUT2D eigenvalue weighted by molar-refractivity contribution is -0.140. The predicted octanol–water partition coefficient (Wildman–Crippen LogP) is 0.358. The molecule has 1 rings (SSSR count). The third-order valence-electron chi connectivity index (χ3n) is 1.99. The maximum absolute atomic E-state index is 11.2. The number of benzene rings is 1. The van der Waals surface area contributed by atoms with Gasteiger partial charge in [0, 0.05) is 0 Å². The van der Waals surface area contributed by atoms with Crippen LogP contribution >= 0.6 is 0 Å². The first kappa shape index (κ1) is 13.0. The molecule has 3 N–H and O–H groups in total. The Labute approximate surface area is 97.8 Å². The van der Waals surface area contributed by atoms with Crippen LogP contribution in [0.15, 0.2) is 30.3 Å². The Morgan fingerprint density at radius 2 is 1.94 bits per heavy atom. The first-order valence-electron chi connectivity index (χ1n) is 4.94. The van der Waals surface area contributed by atoms with Crippen LogP contribution in [0.1, 0.15) is 5.56 Å². The van der Waals surface area contributed by atoms with Crippen LogP contribution < -0.4 is 5.32 Å². The number of hydrogen-bond acceptors (Lipinski definition) is 4. The van der Waals surface area contributed by atoms with E-state index in [-0.39, 0.29) is 6.61 Å². The molecule has 0 aliphatic heterocycles. The molecule has 6 heteroatoms. The van der Waals surface area contributed by atoms with Crippen molar-refractivity contribution in [2.75, 3.05) is 6.61 Å². The number of nitrogens with one attached hydrogen (secondary N) is 1. The van der Waals surface area contributed by atoms with Crippen LogP contribution in [0.3, 0.4) is 0 Å². The van der Waals surface area contributed by atoms with Gasteiger partial charge in [-0.15, -0.1) is 0 Å². The average Bonchev–Trinajstić information content (AvgIpc) is 2.34. The second-order valence-corrected chi connectivity index (χ2v) is 3.28. The van der Waals surface area contributed by atoms with Crippen LogP contribution in [0.4, 0.5) is 4.79 Å². The van der Waals surface area contributed by atoms with Crippen molar-refractivity contribution in [3.05, 3.63) is 35.9 Å². The molecule has 1 amide bonds. The fourth-order valence-electron chi connectivity index (χ4n) is 1.09. The predicted molar refractivity (Wildman–Crippen MR) is 58.3 cm³/mol. The molecule has 0 spiro atoms. The number of carbonyl (C=O) groups excluding carboxylic acids is 1. The Morgan fingerprint density at radius 1 is 1.29 bits per heavy atom. The number of carboxylic acids is 1. The number of aliphatic hydroxyl groups is 1. The van der Waals surface area contributed by atoms with Crippen molar-refractivity contribution in [3.63, 3.8) is 0 Å². The van der Waals surface area contributed by atoms with Crippen LogP contribution in [-0.4, -0.2) is 34.9 Å². The topological polar surface area (TPSA) is 95.9 Å². The first-order valence-corrected chi connectivity index (χ1v) is 4.94. The van der Waals surface area contributed by atoms with E-state index in [1.807, 2.05) is 11.4 Å². The minimum atomic E-state index is -1.35. The van der Waals surface area contributed by atoms with Gasteiger partial charge in [0.1, 0.15) is 6.61 Å². The molecule has 1 aromatic carbocycles. The molecule has 1 aromatic rings. The van der Waals surface area contributed by atoms with Gasteiger partial charge in [-0.3, -0.25) is 0 Å². The molecule has 0 aromatic heterocycles. The van der Waals surface area contributed by atoms with Gasteiger partial charge in [-0.2, -0.15) is 0 Å². The van der Waals surface area contributed by atoms with Gasteiger partial charge in [-0.25, -0.2) is 9.59 Å². The lowest BCUT2D eigenvalue weighted by Gasteiger charge is -2.11. The second kappa shape index (κ2) is 6.49. The SMILES string of the molecule is O=C(N[13C@@H]([13CH2]O)[13C](=O)O)OCc1ccccc1. The summed E-state index contributed by atoms with van der Waals surface area (Å²) in [6.07, 6.45) is -0.879. The zero-order chi connectivity index (χ0) is 12.7. The highest BCUT2D eigenvalue weighted by Crippen LogP contribution is 2.00. The van der Waals surface area contributed by atoms with Gasteiger partial charge in [-0.1, -0.05) is 30.3 Å². The summed E-state index contributed by atoms with van der Waals surface area (Å²) >= 11 is 0. The lowest BCUT2D eigenvalue weighted by atomic mass is 10.2. The number of alkyl carbamates (subject to hydrolysis) is 1. The van der Waals surface area contributed by atoms with Crippen molar-refractivity contribution >= 4 is 12.1 Å². The molecule has 0 bridgehead atoms. The molecule has 0 fully saturated rings. The molecule has 0 heterocycles. The Hall–Kier alpha value is -2.08. The number of ether oxygens (including phenoxy) is 1. The van der Waals surface area contributed by atoms with E-state index < -0.39 is 24.7 Å². The third-order valence-corrected chi connectivity index (χ3v) is 1.99. The monoisotopic (exact) mass is 242 g/mol. The van der Waals surface area contributed by atoms with E-state index in [4.69, 9.17) is 14.9 Å². The van der Waals surface area contributed by atoms with Crippen molar-refractivity contribution in [2.45, 2.75) is 12.6 Å². The molecular formula is C11H13NO5. The van der Waals surface area contributed by atoms with Crippen molar-refractivity contribution in [1.82, 2.24) is 5.32 Å². The van der Waals surface area contributed by atoms with Crippen molar-refractivity contribution in [1.29, 1.82) is 0 Å². The zero-order valence-corrected chi connectivity index (χ0v) is 9.00. The first-order chi connectivity index (χ1) is 8.13. The molecule has 0 radical (unpaired) electrons. The average molecular weight is 242 g/mol. The number of hydrogen-bond donors (Lipinski definition) is 3. The summed E-state index contributed by atoms with van der Waals surface area (Å²) in [6.45, 7) is -0.639. The summed E-state index contributed by atoms with van der Waals surface area (Å²) in [4.78, 5) is 21.7. The van der Waals surface area contributed by atoms with Gasteiger partial charge in [0.25, 0.3) is 0 Å². The molecule has 0 saturated heterocycles. The minimum Gasteiger partial charge on any atom is -0.480 e. The van der Waals surface area contributed by atoms with Crippen LogP contribution in [0.5, 0.6) is 0 Å². The molecule has 0 aliphatic carbocycles. The number of aliphatic hydroxyl groups excluding tert-OH is 1. The van der Waals surface area contributed by atoms with Gasteiger partial charge in [-0.05, 0) is 5.56 Å². The van der Waals surface area contributed by atoms with Crippen molar-refractivity contribution in [2.24, 2.45) is 0 Å². The molecule has 92 valence electrons. The maximum atomic E-state index is 11.2. The largest absolute Gasteiger partial charge is 0.480 e. The second-order valence-electron chi connectivity index (χ2n) is 3.28. The molecule has 0 saturated carbocycles. The van der Waals surface area contributed by atoms with E-state index in [9.17, 15) is 9.59 Å². The molecule has 1 atom stereocenters. The highest BCUT2D eigenvalue weighted by Gasteiger charge is 2.19. The van der Waals surface area contributed by atoms with Crippen molar-refractivity contribution in [3.8, 4) is 0 Å². The number of aliphatic carboxylic acids is 1. The fourth-order valence-corrected chi connectivity index (χ4v) is 1.09. The van der Waals surface area contributed by atoms with Gasteiger partial charge < -0.3 is 20.3 Å². The summed E-state index contributed by atoms with van der Waals surface area (Å²) in [5, 5.41) is 19.3. The molecular weight excluding hydrogens is 229 g/mol. The third kappa shape index (κ3) is 4.52. The molecule has 6 nitrogen and oxygen atoms in total. The minimum absolute atomic E-state index is 0.0461. The quantitative estimate of drug-likeness (QED) is 0.648. The smallest absolute Gasteiger partial charge is 0.408 e. The number of carbonyl (C=O) groups is 2. The molecule has 0 unspecified atom stereocenters. The number of carboxylic acid groups (broad SMARTS) is 1. The summed E-state index contributed by atoms with van der Waals surface area (Å²) in [6, 6.07) is 7.62. The maximum Gasteiger partial charge on any atom is 0.408 e. The Kier molecular flexibility index (Phi) is 4.96. The van der Waals surface area contributed by atoms with Crippen LogP contribution in [-0.2, 0) is 16.1 Å². The Balaban J connectivity index is 2.37. The van der Waals surface area contributed by atoms with Gasteiger partial charge in [0.15, 0.2) is 6.04 Å². The van der Waals surface area contributed by atoms with Crippen LogP contribution in [0, 0.1) is 0 Å². The van der Waals surface area contributed by atoms with Crippen LogP contribution in [0.25, 0.3) is 0 Å². The molecule has 0 aliphatic rings. The summed E-state index contributed by atoms with van der Waals surface area (Å²) in [5.74, 6) is -1.32. The fraction of sp³-hybridized carbons (Fsp3) is 0.273. The van der Waals surface area contributed by atoms with Gasteiger partial charge in [0.2, 0.25) is 0 Å². The summed E-state index contributed by atoms with van der Waals surface area (Å²) in [5.41, 5.74) is 0.790. The Morgan fingerprint density at radius 3 is 2.47 bits per heavy atom. The van der Waals surface area contributed by atoms with Gasteiger partial charge in [0.05, 0.1) is 6.61 Å². The Bertz CT molecular complexity index is 379. The molecule has 17 heavy (non-hydrogen) atoms. The van der Waals surface area contributed by atoms with E-state index >= 15 is 0 Å². The van der Waals surface area contributed by atoms with E-state index in [0.717, 1.165) is 5.56 Å². The lowest BCUT2D eigenvalue weighted by Crippen LogP contribution is -2.43. The van der Waals surface area contributed by atoms with Gasteiger partial charge >= 0.3 is 12.1 Å². The standard InChI is InChI=1S/C11H13NO5/c13-6-9(10(14)15)12-11(16)17-7-8-4-2-1-3-5-8/h1-5,9,13H,6-7H2,(H,12,16)(H,14,15)/t9-/m0/s1/i6+1,9+1,10+1. The number of rotatable bonds is 5. The zero-order valence-electron chi connectivity index (χ0n) is 9.00. The van der Waals surface area contributed by atoms with Crippen LogP contribution in [0.2, 0.25) is 0 Å².